The Balaban J connectivity index is 1.29. The van der Waals surface area contributed by atoms with Gasteiger partial charge in [0.05, 0.1) is 0 Å². The molecular formula is C45H27N3O2. The van der Waals surface area contributed by atoms with Crippen LogP contribution in [0.4, 0.5) is 0 Å². The van der Waals surface area contributed by atoms with E-state index in [1.165, 1.54) is 0 Å². The predicted octanol–water partition coefficient (Wildman–Crippen LogP) is 12.0. The second-order valence-corrected chi connectivity index (χ2v) is 12.4. The summed E-state index contributed by atoms with van der Waals surface area (Å²) in [5.74, 6) is 1.69. The molecule has 7 aromatic carbocycles. The van der Waals surface area contributed by atoms with Crippen molar-refractivity contribution in [3.63, 3.8) is 0 Å². The molecule has 50 heavy (non-hydrogen) atoms. The number of para-hydroxylation sites is 2. The van der Waals surface area contributed by atoms with Gasteiger partial charge in [-0.25, -0.2) is 15.0 Å². The van der Waals surface area contributed by atoms with Crippen LogP contribution < -0.4 is 0 Å². The second kappa shape index (κ2) is 11.4. The van der Waals surface area contributed by atoms with Crippen LogP contribution >= 0.6 is 0 Å². The first-order valence-electron chi connectivity index (χ1n) is 16.6. The van der Waals surface area contributed by atoms with E-state index in [1.54, 1.807) is 0 Å². The molecule has 3 aromatic heterocycles. The first kappa shape index (κ1) is 28.2. The lowest BCUT2D eigenvalue weighted by atomic mass is 9.95. The summed E-state index contributed by atoms with van der Waals surface area (Å²) in [7, 11) is 0. The summed E-state index contributed by atoms with van der Waals surface area (Å²) in [6.07, 6.45) is 0. The maximum absolute atomic E-state index is 6.60. The number of aromatic nitrogens is 3. The molecule has 0 aliphatic heterocycles. The molecule has 10 rings (SSSR count). The summed E-state index contributed by atoms with van der Waals surface area (Å²) in [5, 5.41) is 4.23. The van der Waals surface area contributed by atoms with Gasteiger partial charge < -0.3 is 8.83 Å². The number of benzene rings is 7. The summed E-state index contributed by atoms with van der Waals surface area (Å²) < 4.78 is 13.0. The molecule has 0 aliphatic rings. The van der Waals surface area contributed by atoms with Crippen LogP contribution in [0.2, 0.25) is 0 Å². The van der Waals surface area contributed by atoms with Crippen LogP contribution in [0.15, 0.2) is 173 Å². The average molecular weight is 642 g/mol. The van der Waals surface area contributed by atoms with Crippen molar-refractivity contribution in [1.29, 1.82) is 0 Å². The standard InChI is InChI=1S/C45H27N3O2/c1-4-14-28(15-5-1)35-26-36-32-21-11-12-22-38(32)49-40(36)27-37(35)45-47-43(30-18-8-3-9-19-30)46-44(48-45)34-25-24-33-31-20-10-13-23-39(31)50-42(33)41(34)29-16-6-2-7-17-29/h1-27H. The van der Waals surface area contributed by atoms with E-state index in [-0.39, 0.29) is 0 Å². The van der Waals surface area contributed by atoms with Gasteiger partial charge in [-0.3, -0.25) is 0 Å². The zero-order valence-corrected chi connectivity index (χ0v) is 26.7. The molecule has 0 spiro atoms. The molecule has 0 aliphatic carbocycles. The molecule has 0 amide bonds. The number of rotatable bonds is 5. The van der Waals surface area contributed by atoms with E-state index in [0.717, 1.165) is 82.8 Å². The highest BCUT2D eigenvalue weighted by molar-refractivity contribution is 6.12. The fraction of sp³-hybridized carbons (Fsp3) is 0. The van der Waals surface area contributed by atoms with Crippen LogP contribution in [-0.2, 0) is 0 Å². The minimum absolute atomic E-state index is 0.554. The topological polar surface area (TPSA) is 65.0 Å². The molecule has 0 saturated heterocycles. The molecule has 0 bridgehead atoms. The minimum atomic E-state index is 0.554. The van der Waals surface area contributed by atoms with Gasteiger partial charge in [0.2, 0.25) is 0 Å². The number of fused-ring (bicyclic) bond motifs is 6. The van der Waals surface area contributed by atoms with Gasteiger partial charge in [0.1, 0.15) is 22.3 Å². The van der Waals surface area contributed by atoms with Gasteiger partial charge in [-0.1, -0.05) is 127 Å². The zero-order chi connectivity index (χ0) is 33.0. The molecule has 5 heteroatoms. The summed E-state index contributed by atoms with van der Waals surface area (Å²) in [6, 6.07) is 55.6. The van der Waals surface area contributed by atoms with Crippen molar-refractivity contribution in [3.8, 4) is 56.4 Å². The fourth-order valence-electron chi connectivity index (χ4n) is 7.01. The lowest BCUT2D eigenvalue weighted by Crippen LogP contribution is -2.02. The van der Waals surface area contributed by atoms with Gasteiger partial charge in [0.25, 0.3) is 0 Å². The Hall–Kier alpha value is -6.85. The molecule has 0 atom stereocenters. The van der Waals surface area contributed by atoms with E-state index >= 15 is 0 Å². The first-order chi connectivity index (χ1) is 24.8. The third-order valence-corrected chi connectivity index (χ3v) is 9.36. The number of hydrogen-bond donors (Lipinski definition) is 0. The van der Waals surface area contributed by atoms with Crippen LogP contribution in [0.3, 0.4) is 0 Å². The van der Waals surface area contributed by atoms with Gasteiger partial charge in [-0.15, -0.1) is 0 Å². The zero-order valence-electron chi connectivity index (χ0n) is 26.7. The molecule has 0 fully saturated rings. The van der Waals surface area contributed by atoms with Gasteiger partial charge in [-0.05, 0) is 53.1 Å². The summed E-state index contributed by atoms with van der Waals surface area (Å²) in [5.41, 5.74) is 9.89. The Morgan fingerprint density at radius 2 is 0.860 bits per heavy atom. The minimum Gasteiger partial charge on any atom is -0.456 e. The highest BCUT2D eigenvalue weighted by atomic mass is 16.3. The van der Waals surface area contributed by atoms with E-state index in [2.05, 4.69) is 72.8 Å². The van der Waals surface area contributed by atoms with Crippen molar-refractivity contribution in [1.82, 2.24) is 15.0 Å². The third-order valence-electron chi connectivity index (χ3n) is 9.36. The van der Waals surface area contributed by atoms with Crippen LogP contribution in [-0.4, -0.2) is 15.0 Å². The van der Waals surface area contributed by atoms with Crippen molar-refractivity contribution in [3.05, 3.63) is 164 Å². The molecule has 0 radical (unpaired) electrons. The Kier molecular flexibility index (Phi) is 6.42. The van der Waals surface area contributed by atoms with E-state index in [4.69, 9.17) is 23.8 Å². The average Bonchev–Trinajstić information content (AvgIpc) is 3.76. The lowest BCUT2D eigenvalue weighted by Gasteiger charge is -2.14. The quantitative estimate of drug-likeness (QED) is 0.187. The van der Waals surface area contributed by atoms with E-state index in [0.29, 0.717) is 17.5 Å². The van der Waals surface area contributed by atoms with Crippen LogP contribution in [0.25, 0.3) is 100 Å². The van der Waals surface area contributed by atoms with Gasteiger partial charge in [-0.2, -0.15) is 0 Å². The van der Waals surface area contributed by atoms with Crippen LogP contribution in [0.1, 0.15) is 0 Å². The van der Waals surface area contributed by atoms with Gasteiger partial charge in [0, 0.05) is 43.8 Å². The van der Waals surface area contributed by atoms with E-state index < -0.39 is 0 Å². The summed E-state index contributed by atoms with van der Waals surface area (Å²) in [6.45, 7) is 0. The van der Waals surface area contributed by atoms with Crippen LogP contribution in [0, 0.1) is 0 Å². The summed E-state index contributed by atoms with van der Waals surface area (Å²) in [4.78, 5) is 15.6. The van der Waals surface area contributed by atoms with Crippen LogP contribution in [0.5, 0.6) is 0 Å². The largest absolute Gasteiger partial charge is 0.456 e. The fourth-order valence-corrected chi connectivity index (χ4v) is 7.01. The van der Waals surface area contributed by atoms with Crippen molar-refractivity contribution in [2.24, 2.45) is 0 Å². The van der Waals surface area contributed by atoms with E-state index in [1.807, 2.05) is 91.0 Å². The normalized spacial score (nSPS) is 11.6. The monoisotopic (exact) mass is 641 g/mol. The Labute approximate surface area is 287 Å². The van der Waals surface area contributed by atoms with Crippen molar-refractivity contribution in [2.75, 3.05) is 0 Å². The molecule has 10 aromatic rings. The van der Waals surface area contributed by atoms with E-state index in [9.17, 15) is 0 Å². The molecular weight excluding hydrogens is 615 g/mol. The SMILES string of the molecule is c1ccc(-c2nc(-c3cc4oc5ccccc5c4cc3-c3ccccc3)nc(-c3ccc4c(oc5ccccc54)c3-c3ccccc3)n2)cc1. The molecule has 5 nitrogen and oxygen atoms in total. The molecule has 0 N–H and O–H groups in total. The van der Waals surface area contributed by atoms with Crippen molar-refractivity contribution in [2.45, 2.75) is 0 Å². The number of furan rings is 2. The third kappa shape index (κ3) is 4.60. The highest BCUT2D eigenvalue weighted by Crippen LogP contribution is 2.43. The molecule has 0 unspecified atom stereocenters. The predicted molar refractivity (Wildman–Crippen MR) is 202 cm³/mol. The maximum Gasteiger partial charge on any atom is 0.164 e. The van der Waals surface area contributed by atoms with Crippen molar-refractivity contribution >= 4 is 43.9 Å². The van der Waals surface area contributed by atoms with Gasteiger partial charge >= 0.3 is 0 Å². The smallest absolute Gasteiger partial charge is 0.164 e. The second-order valence-electron chi connectivity index (χ2n) is 12.4. The maximum atomic E-state index is 6.60. The molecule has 234 valence electrons. The molecule has 0 saturated carbocycles. The number of hydrogen-bond acceptors (Lipinski definition) is 5. The highest BCUT2D eigenvalue weighted by Gasteiger charge is 2.23. The Morgan fingerprint density at radius 3 is 1.56 bits per heavy atom. The van der Waals surface area contributed by atoms with Gasteiger partial charge in [0.15, 0.2) is 17.5 Å². The Morgan fingerprint density at radius 1 is 0.320 bits per heavy atom. The lowest BCUT2D eigenvalue weighted by molar-refractivity contribution is 0.669. The Bertz CT molecular complexity index is 2830. The first-order valence-corrected chi connectivity index (χ1v) is 16.6. The molecule has 3 heterocycles. The summed E-state index contributed by atoms with van der Waals surface area (Å²) >= 11 is 0. The van der Waals surface area contributed by atoms with Crippen molar-refractivity contribution < 1.29 is 8.83 Å². The number of nitrogens with zero attached hydrogens (tertiary/aromatic N) is 3.